The van der Waals surface area contributed by atoms with E-state index in [2.05, 4.69) is 6.58 Å². The topological polar surface area (TPSA) is 20.3 Å². The van der Waals surface area contributed by atoms with Crippen LogP contribution in [0, 0.1) is 5.92 Å². The van der Waals surface area contributed by atoms with Crippen LogP contribution in [0.4, 0.5) is 0 Å². The molecular formula is C14H27NO. The molecule has 1 amide bonds. The van der Waals surface area contributed by atoms with Crippen molar-refractivity contribution in [2.24, 2.45) is 5.92 Å². The highest BCUT2D eigenvalue weighted by Gasteiger charge is 2.17. The first kappa shape index (κ1) is 15.2. The molecule has 1 atom stereocenters. The summed E-state index contributed by atoms with van der Waals surface area (Å²) in [5, 5.41) is 0. The molecule has 0 aromatic heterocycles. The molecule has 0 aliphatic carbocycles. The number of allylic oxidation sites excluding steroid dienone is 1. The third-order valence-electron chi connectivity index (χ3n) is 3.04. The molecule has 0 spiro atoms. The molecule has 0 bridgehead atoms. The number of rotatable bonds is 9. The van der Waals surface area contributed by atoms with Gasteiger partial charge >= 0.3 is 0 Å². The van der Waals surface area contributed by atoms with Gasteiger partial charge in [0.25, 0.3) is 0 Å². The number of unbranched alkanes of at least 4 members (excludes halogenated alkanes) is 3. The van der Waals surface area contributed by atoms with Crippen molar-refractivity contribution in [3.05, 3.63) is 12.7 Å². The molecule has 2 heteroatoms. The third-order valence-corrected chi connectivity index (χ3v) is 3.04. The highest BCUT2D eigenvalue weighted by atomic mass is 16.2. The SMILES string of the molecule is C=CCCCCCC(C)C(=O)N(CC)CC. The predicted molar refractivity (Wildman–Crippen MR) is 70.4 cm³/mol. The van der Waals surface area contributed by atoms with Gasteiger partial charge in [0.05, 0.1) is 0 Å². The minimum atomic E-state index is 0.184. The lowest BCUT2D eigenvalue weighted by molar-refractivity contribution is -0.134. The van der Waals surface area contributed by atoms with Gasteiger partial charge in [-0.1, -0.05) is 25.8 Å². The zero-order valence-corrected chi connectivity index (χ0v) is 11.2. The van der Waals surface area contributed by atoms with Gasteiger partial charge in [-0.15, -0.1) is 6.58 Å². The van der Waals surface area contributed by atoms with E-state index in [1.807, 2.05) is 31.7 Å². The van der Waals surface area contributed by atoms with Crippen LogP contribution in [0.5, 0.6) is 0 Å². The molecule has 0 fully saturated rings. The maximum absolute atomic E-state index is 11.9. The van der Waals surface area contributed by atoms with Crippen molar-refractivity contribution in [2.45, 2.75) is 52.9 Å². The Morgan fingerprint density at radius 1 is 1.25 bits per heavy atom. The highest BCUT2D eigenvalue weighted by Crippen LogP contribution is 2.13. The Morgan fingerprint density at radius 3 is 2.38 bits per heavy atom. The van der Waals surface area contributed by atoms with E-state index in [9.17, 15) is 4.79 Å². The fourth-order valence-electron chi connectivity index (χ4n) is 1.89. The minimum Gasteiger partial charge on any atom is -0.343 e. The summed E-state index contributed by atoms with van der Waals surface area (Å²) in [6.07, 6.45) is 7.65. The number of hydrogen-bond donors (Lipinski definition) is 0. The highest BCUT2D eigenvalue weighted by molar-refractivity contribution is 5.78. The second kappa shape index (κ2) is 9.44. The lowest BCUT2D eigenvalue weighted by Gasteiger charge is -2.22. The molecule has 16 heavy (non-hydrogen) atoms. The van der Waals surface area contributed by atoms with Gasteiger partial charge < -0.3 is 4.90 Å². The molecule has 0 saturated heterocycles. The number of hydrogen-bond acceptors (Lipinski definition) is 1. The Morgan fingerprint density at radius 2 is 1.88 bits per heavy atom. The Labute approximate surface area is 101 Å². The molecular weight excluding hydrogens is 198 g/mol. The quantitative estimate of drug-likeness (QED) is 0.433. The molecule has 0 aromatic rings. The average molecular weight is 225 g/mol. The van der Waals surface area contributed by atoms with Crippen LogP contribution in [-0.2, 0) is 4.79 Å². The first-order chi connectivity index (χ1) is 7.67. The normalized spacial score (nSPS) is 12.2. The molecule has 0 rings (SSSR count). The van der Waals surface area contributed by atoms with Gasteiger partial charge in [-0.05, 0) is 33.1 Å². The molecule has 0 aliphatic rings. The van der Waals surface area contributed by atoms with Gasteiger partial charge in [0.1, 0.15) is 0 Å². The molecule has 0 aliphatic heterocycles. The van der Waals surface area contributed by atoms with Gasteiger partial charge in [-0.3, -0.25) is 4.79 Å². The lowest BCUT2D eigenvalue weighted by Crippen LogP contribution is -2.34. The van der Waals surface area contributed by atoms with E-state index in [0.717, 1.165) is 32.4 Å². The maximum Gasteiger partial charge on any atom is 0.225 e. The minimum absolute atomic E-state index is 0.184. The Hall–Kier alpha value is -0.790. The van der Waals surface area contributed by atoms with E-state index < -0.39 is 0 Å². The number of amides is 1. The number of carbonyl (C=O) groups is 1. The van der Waals surface area contributed by atoms with E-state index in [4.69, 9.17) is 0 Å². The molecule has 1 unspecified atom stereocenters. The van der Waals surface area contributed by atoms with Gasteiger partial charge in [0, 0.05) is 19.0 Å². The summed E-state index contributed by atoms with van der Waals surface area (Å²) in [4.78, 5) is 13.9. The van der Waals surface area contributed by atoms with E-state index in [-0.39, 0.29) is 5.92 Å². The van der Waals surface area contributed by atoms with E-state index >= 15 is 0 Å². The summed E-state index contributed by atoms with van der Waals surface area (Å²) in [5.41, 5.74) is 0. The van der Waals surface area contributed by atoms with Crippen molar-refractivity contribution in [1.82, 2.24) is 4.90 Å². The molecule has 0 heterocycles. The molecule has 0 saturated carbocycles. The standard InChI is InChI=1S/C14H27NO/c1-5-8-9-10-11-12-13(4)14(16)15(6-2)7-3/h5,13H,1,6-12H2,2-4H3. The van der Waals surface area contributed by atoms with Gasteiger partial charge in [-0.25, -0.2) is 0 Å². The van der Waals surface area contributed by atoms with Gasteiger partial charge in [-0.2, -0.15) is 0 Å². The number of carbonyl (C=O) groups excluding carboxylic acids is 1. The number of nitrogens with zero attached hydrogens (tertiary/aromatic N) is 1. The average Bonchev–Trinajstić information content (AvgIpc) is 2.30. The van der Waals surface area contributed by atoms with Crippen molar-refractivity contribution in [3.8, 4) is 0 Å². The Bertz CT molecular complexity index is 197. The van der Waals surface area contributed by atoms with Crippen molar-refractivity contribution >= 4 is 5.91 Å². The summed E-state index contributed by atoms with van der Waals surface area (Å²) in [5.74, 6) is 0.498. The second-order valence-electron chi connectivity index (χ2n) is 4.34. The zero-order chi connectivity index (χ0) is 12.4. The van der Waals surface area contributed by atoms with Gasteiger partial charge in [0.15, 0.2) is 0 Å². The van der Waals surface area contributed by atoms with Crippen LogP contribution in [0.2, 0.25) is 0 Å². The van der Waals surface area contributed by atoms with E-state index in [1.54, 1.807) is 0 Å². The van der Waals surface area contributed by atoms with Crippen LogP contribution in [0.3, 0.4) is 0 Å². The molecule has 94 valence electrons. The fourth-order valence-corrected chi connectivity index (χ4v) is 1.89. The predicted octanol–water partition coefficient (Wildman–Crippen LogP) is 3.63. The van der Waals surface area contributed by atoms with Crippen LogP contribution in [0.15, 0.2) is 12.7 Å². The smallest absolute Gasteiger partial charge is 0.225 e. The summed E-state index contributed by atoms with van der Waals surface area (Å²) >= 11 is 0. The van der Waals surface area contributed by atoms with Crippen LogP contribution in [0.1, 0.15) is 52.9 Å². The molecule has 2 nitrogen and oxygen atoms in total. The summed E-state index contributed by atoms with van der Waals surface area (Å²) in [7, 11) is 0. The van der Waals surface area contributed by atoms with Crippen molar-refractivity contribution < 1.29 is 4.79 Å². The molecule has 0 radical (unpaired) electrons. The maximum atomic E-state index is 11.9. The summed E-state index contributed by atoms with van der Waals surface area (Å²) in [6, 6.07) is 0. The van der Waals surface area contributed by atoms with E-state index in [0.29, 0.717) is 5.91 Å². The van der Waals surface area contributed by atoms with Crippen LogP contribution >= 0.6 is 0 Å². The lowest BCUT2D eigenvalue weighted by atomic mass is 10.0. The van der Waals surface area contributed by atoms with Crippen LogP contribution in [0.25, 0.3) is 0 Å². The first-order valence-corrected chi connectivity index (χ1v) is 6.57. The molecule has 0 aromatic carbocycles. The van der Waals surface area contributed by atoms with Crippen LogP contribution in [-0.4, -0.2) is 23.9 Å². The Balaban J connectivity index is 3.74. The molecule has 0 N–H and O–H groups in total. The first-order valence-electron chi connectivity index (χ1n) is 6.57. The summed E-state index contributed by atoms with van der Waals surface area (Å²) < 4.78 is 0. The second-order valence-corrected chi connectivity index (χ2v) is 4.34. The third kappa shape index (κ3) is 5.94. The van der Waals surface area contributed by atoms with Crippen molar-refractivity contribution in [3.63, 3.8) is 0 Å². The van der Waals surface area contributed by atoms with Crippen LogP contribution < -0.4 is 0 Å². The fraction of sp³-hybridized carbons (Fsp3) is 0.786. The monoisotopic (exact) mass is 225 g/mol. The largest absolute Gasteiger partial charge is 0.343 e. The Kier molecular flexibility index (Phi) is 8.97. The van der Waals surface area contributed by atoms with Crippen molar-refractivity contribution in [2.75, 3.05) is 13.1 Å². The van der Waals surface area contributed by atoms with Gasteiger partial charge in [0.2, 0.25) is 5.91 Å². The summed E-state index contributed by atoms with van der Waals surface area (Å²) in [6.45, 7) is 11.5. The van der Waals surface area contributed by atoms with Crippen molar-refractivity contribution in [1.29, 1.82) is 0 Å². The van der Waals surface area contributed by atoms with E-state index in [1.165, 1.54) is 12.8 Å². The zero-order valence-electron chi connectivity index (χ0n) is 11.2.